The Morgan fingerprint density at radius 1 is 1.35 bits per heavy atom. The van der Waals surface area contributed by atoms with Crippen molar-refractivity contribution in [2.24, 2.45) is 11.4 Å². The molecule has 2 aromatic rings. The van der Waals surface area contributed by atoms with E-state index in [4.69, 9.17) is 4.74 Å². The van der Waals surface area contributed by atoms with Gasteiger partial charge in [0.15, 0.2) is 0 Å². The van der Waals surface area contributed by atoms with Gasteiger partial charge in [0.2, 0.25) is 5.03 Å². The fraction of sp³-hybridized carbons (Fsp3) is 0.438. The first-order valence-corrected chi connectivity index (χ1v) is 9.22. The summed E-state index contributed by atoms with van der Waals surface area (Å²) < 4.78 is 36.1. The van der Waals surface area contributed by atoms with E-state index in [-0.39, 0.29) is 5.03 Å². The van der Waals surface area contributed by atoms with Gasteiger partial charge in [0.1, 0.15) is 5.60 Å². The lowest BCUT2D eigenvalue weighted by molar-refractivity contribution is -0.613. The molecule has 10 heteroatoms. The topological polar surface area (TPSA) is 104 Å². The summed E-state index contributed by atoms with van der Waals surface area (Å²) in [6.07, 6.45) is 2.91. The minimum absolute atomic E-state index is 0.306. The number of methoxy groups -OCH3 is 1. The van der Waals surface area contributed by atoms with E-state index in [9.17, 15) is 13.5 Å². The van der Waals surface area contributed by atoms with Crippen LogP contribution in [0.2, 0.25) is 0 Å². The maximum absolute atomic E-state index is 12.4. The van der Waals surface area contributed by atoms with Gasteiger partial charge in [-0.2, -0.15) is 13.5 Å². The summed E-state index contributed by atoms with van der Waals surface area (Å²) in [5, 5.41) is 15.9. The van der Waals surface area contributed by atoms with Crippen LogP contribution in [0.5, 0.6) is 0 Å². The van der Waals surface area contributed by atoms with E-state index < -0.39 is 21.6 Å². The third-order valence-corrected chi connectivity index (χ3v) is 5.12. The van der Waals surface area contributed by atoms with Crippen molar-refractivity contribution in [2.45, 2.75) is 24.5 Å². The lowest BCUT2D eigenvalue weighted by Gasteiger charge is -2.22. The Bertz CT molecular complexity index is 915. The van der Waals surface area contributed by atoms with Crippen molar-refractivity contribution in [3.63, 3.8) is 0 Å². The number of rotatable bonds is 5. The van der Waals surface area contributed by atoms with Crippen molar-refractivity contribution < 1.29 is 22.8 Å². The Morgan fingerprint density at radius 3 is 2.42 bits per heavy atom. The van der Waals surface area contributed by atoms with Crippen LogP contribution in [0, 0.1) is 0 Å². The summed E-state index contributed by atoms with van der Waals surface area (Å²) in [7, 11) is 2.59. The Balaban J connectivity index is 2.38. The van der Waals surface area contributed by atoms with Crippen LogP contribution >= 0.6 is 0 Å². The molecule has 0 aliphatic heterocycles. The first kappa shape index (κ1) is 19.9. The van der Waals surface area contributed by atoms with Gasteiger partial charge in [0.25, 0.3) is 6.02 Å². The summed E-state index contributed by atoms with van der Waals surface area (Å²) >= 11 is 0. The number of aryl methyl sites for hydroxylation is 1. The molecule has 0 amide bonds. The van der Waals surface area contributed by atoms with E-state index in [0.717, 1.165) is 10.3 Å². The smallest absolute Gasteiger partial charge is 0.388 e. The Hall–Kier alpha value is -2.46. The number of hydrogen-bond acceptors (Lipinski definition) is 6. The number of nitrogens with zero attached hydrogens (tertiary/aromatic N) is 5. The Labute approximate surface area is 153 Å². The quantitative estimate of drug-likeness (QED) is 0.397. The minimum Gasteiger partial charge on any atom is -0.806 e. The SMILES string of the molecule is COC(C)(C)c1cc(S(=O)(=O)N=C([O-])[n+]2ccc(N(C)C)cc2)nn1C. The molecule has 9 nitrogen and oxygen atoms in total. The number of pyridine rings is 1. The van der Waals surface area contributed by atoms with Gasteiger partial charge in [-0.15, -0.1) is 0 Å². The Kier molecular flexibility index (Phi) is 5.38. The predicted molar refractivity (Wildman–Crippen MR) is 94.2 cm³/mol. The van der Waals surface area contributed by atoms with Crippen LogP contribution in [0.3, 0.4) is 0 Å². The molecular formula is C16H23N5O4S. The monoisotopic (exact) mass is 381 g/mol. The normalized spacial score (nSPS) is 13.1. The molecule has 0 radical (unpaired) electrons. The van der Waals surface area contributed by atoms with Crippen LogP contribution in [-0.2, 0) is 27.4 Å². The first-order chi connectivity index (χ1) is 12.0. The number of hydrogen-bond donors (Lipinski definition) is 0. The number of aromatic nitrogens is 3. The summed E-state index contributed by atoms with van der Waals surface area (Å²) in [5.41, 5.74) is 0.674. The molecule has 2 heterocycles. The Morgan fingerprint density at radius 2 is 1.92 bits per heavy atom. The molecule has 0 aliphatic carbocycles. The van der Waals surface area contributed by atoms with E-state index >= 15 is 0 Å². The summed E-state index contributed by atoms with van der Waals surface area (Å²) in [5.74, 6) is 0. The highest BCUT2D eigenvalue weighted by atomic mass is 32.2. The maximum atomic E-state index is 12.4. The van der Waals surface area contributed by atoms with Crippen LogP contribution in [0.25, 0.3) is 0 Å². The third kappa shape index (κ3) is 4.02. The summed E-state index contributed by atoms with van der Waals surface area (Å²) in [6, 6.07) is 3.80. The van der Waals surface area contributed by atoms with Crippen molar-refractivity contribution >= 4 is 21.7 Å². The van der Waals surface area contributed by atoms with Gasteiger partial charge < -0.3 is 14.7 Å². The molecule has 26 heavy (non-hydrogen) atoms. The molecule has 0 aromatic carbocycles. The molecular weight excluding hydrogens is 358 g/mol. The lowest BCUT2D eigenvalue weighted by atomic mass is 10.1. The van der Waals surface area contributed by atoms with Crippen molar-refractivity contribution in [1.82, 2.24) is 9.78 Å². The number of sulfonamides is 1. The highest BCUT2D eigenvalue weighted by Gasteiger charge is 2.30. The first-order valence-electron chi connectivity index (χ1n) is 7.78. The zero-order valence-electron chi connectivity index (χ0n) is 15.7. The molecule has 0 saturated carbocycles. The second-order valence-corrected chi connectivity index (χ2v) is 7.96. The van der Waals surface area contributed by atoms with Gasteiger partial charge in [-0.05, 0) is 13.8 Å². The molecule has 0 aliphatic rings. The average Bonchev–Trinajstić information content (AvgIpc) is 2.98. The standard InChI is InChI=1S/C16H23N5O4S/c1-16(2,25-6)13-11-14(17-20(13)5)26(23,24)18-15(22)21-9-7-12(8-10-21)19(3)4/h7-11H,1-6H3. The van der Waals surface area contributed by atoms with Crippen molar-refractivity contribution in [1.29, 1.82) is 0 Å². The fourth-order valence-corrected chi connectivity index (χ4v) is 3.16. The number of ether oxygens (including phenoxy) is 1. The molecule has 2 aromatic heterocycles. The van der Waals surface area contributed by atoms with E-state index in [1.807, 2.05) is 19.0 Å². The highest BCUT2D eigenvalue weighted by molar-refractivity contribution is 7.90. The minimum atomic E-state index is -4.25. The van der Waals surface area contributed by atoms with Crippen LogP contribution in [-0.4, -0.2) is 45.4 Å². The van der Waals surface area contributed by atoms with Crippen LogP contribution < -0.4 is 14.6 Å². The number of anilines is 1. The maximum Gasteiger partial charge on any atom is 0.388 e. The summed E-state index contributed by atoms with van der Waals surface area (Å²) in [4.78, 5) is 1.86. The van der Waals surface area contributed by atoms with Crippen LogP contribution in [0.1, 0.15) is 19.5 Å². The second kappa shape index (κ2) is 7.04. The van der Waals surface area contributed by atoms with Crippen molar-refractivity contribution in [3.8, 4) is 0 Å². The zero-order valence-corrected chi connectivity index (χ0v) is 16.5. The molecule has 0 saturated heterocycles. The fourth-order valence-electron chi connectivity index (χ4n) is 2.28. The van der Waals surface area contributed by atoms with Gasteiger partial charge in [-0.1, -0.05) is 0 Å². The van der Waals surface area contributed by atoms with E-state index in [0.29, 0.717) is 5.69 Å². The van der Waals surface area contributed by atoms with E-state index in [1.165, 1.54) is 30.3 Å². The zero-order chi connectivity index (χ0) is 19.7. The second-order valence-electron chi connectivity index (χ2n) is 6.41. The van der Waals surface area contributed by atoms with E-state index in [1.54, 1.807) is 33.0 Å². The predicted octanol–water partition coefficient (Wildman–Crippen LogP) is -0.392. The largest absolute Gasteiger partial charge is 0.806 e. The molecule has 0 atom stereocenters. The van der Waals surface area contributed by atoms with Gasteiger partial charge in [-0.25, -0.2) is 4.57 Å². The van der Waals surface area contributed by atoms with Crippen LogP contribution in [0.15, 0.2) is 40.0 Å². The van der Waals surface area contributed by atoms with Crippen molar-refractivity contribution in [3.05, 3.63) is 36.3 Å². The molecule has 2 rings (SSSR count). The molecule has 0 bridgehead atoms. The third-order valence-electron chi connectivity index (χ3n) is 4.00. The molecule has 0 fully saturated rings. The average molecular weight is 381 g/mol. The summed E-state index contributed by atoms with van der Waals surface area (Å²) in [6.45, 7) is 3.57. The van der Waals surface area contributed by atoms with Gasteiger partial charge in [-0.3, -0.25) is 4.68 Å². The highest BCUT2D eigenvalue weighted by Crippen LogP contribution is 2.25. The van der Waals surface area contributed by atoms with Gasteiger partial charge in [0, 0.05) is 56.5 Å². The van der Waals surface area contributed by atoms with E-state index in [2.05, 4.69) is 9.50 Å². The molecule has 0 N–H and O–H groups in total. The molecule has 0 unspecified atom stereocenters. The van der Waals surface area contributed by atoms with Crippen LogP contribution in [0.4, 0.5) is 5.69 Å². The van der Waals surface area contributed by atoms with Gasteiger partial charge >= 0.3 is 10.0 Å². The molecule has 142 valence electrons. The van der Waals surface area contributed by atoms with Gasteiger partial charge in [0.05, 0.1) is 18.1 Å². The molecule has 0 spiro atoms. The van der Waals surface area contributed by atoms with Crippen molar-refractivity contribution in [2.75, 3.05) is 26.1 Å². The lowest BCUT2D eigenvalue weighted by Crippen LogP contribution is -2.51.